The zero-order valence-electron chi connectivity index (χ0n) is 16.9. The van der Waals surface area contributed by atoms with Crippen LogP contribution in [0.5, 0.6) is 0 Å². The van der Waals surface area contributed by atoms with Gasteiger partial charge in [-0.2, -0.15) is 0 Å². The van der Waals surface area contributed by atoms with Gasteiger partial charge in [-0.05, 0) is 36.1 Å². The lowest BCUT2D eigenvalue weighted by molar-refractivity contribution is -0.122. The Labute approximate surface area is 186 Å². The Bertz CT molecular complexity index is 952. The molecule has 0 radical (unpaired) electrons. The number of rotatable bonds is 6. The number of carbonyl (C=O) groups excluding carboxylic acids is 1. The van der Waals surface area contributed by atoms with Gasteiger partial charge in [-0.25, -0.2) is 4.98 Å². The van der Waals surface area contributed by atoms with E-state index >= 15 is 0 Å². The maximum absolute atomic E-state index is 12.9. The monoisotopic (exact) mass is 440 g/mol. The van der Waals surface area contributed by atoms with Crippen LogP contribution in [0.15, 0.2) is 60.1 Å². The highest BCUT2D eigenvalue weighted by atomic mass is 35.5. The van der Waals surface area contributed by atoms with Crippen molar-refractivity contribution in [3.63, 3.8) is 0 Å². The van der Waals surface area contributed by atoms with Crippen LogP contribution < -0.4 is 10.2 Å². The number of aryl methyl sites for hydroxylation is 1. The highest BCUT2D eigenvalue weighted by molar-refractivity contribution is 7.10. The zero-order valence-corrected chi connectivity index (χ0v) is 18.5. The van der Waals surface area contributed by atoms with Crippen LogP contribution in [-0.2, 0) is 4.79 Å². The third kappa shape index (κ3) is 5.19. The van der Waals surface area contributed by atoms with Gasteiger partial charge in [-0.3, -0.25) is 9.69 Å². The van der Waals surface area contributed by atoms with Crippen molar-refractivity contribution in [2.24, 2.45) is 0 Å². The van der Waals surface area contributed by atoms with Gasteiger partial charge in [0.15, 0.2) is 0 Å². The molecule has 5 nitrogen and oxygen atoms in total. The van der Waals surface area contributed by atoms with Gasteiger partial charge < -0.3 is 10.2 Å². The first kappa shape index (κ1) is 20.8. The summed E-state index contributed by atoms with van der Waals surface area (Å²) >= 11 is 7.59. The normalized spacial score (nSPS) is 15.7. The van der Waals surface area contributed by atoms with Crippen LogP contribution in [0.4, 0.5) is 5.82 Å². The molecule has 3 aromatic rings. The smallest absolute Gasteiger partial charge is 0.234 e. The highest BCUT2D eigenvalue weighted by Gasteiger charge is 2.22. The summed E-state index contributed by atoms with van der Waals surface area (Å²) in [6, 6.07) is 16.2. The number of benzene rings is 1. The number of hydrogen-bond donors (Lipinski definition) is 1. The van der Waals surface area contributed by atoms with Crippen molar-refractivity contribution in [1.82, 2.24) is 15.2 Å². The number of hydrogen-bond acceptors (Lipinski definition) is 5. The molecule has 30 heavy (non-hydrogen) atoms. The second kappa shape index (κ2) is 9.60. The summed E-state index contributed by atoms with van der Waals surface area (Å²) in [5.74, 6) is 0.979. The molecule has 1 atom stereocenters. The largest absolute Gasteiger partial charge is 0.354 e. The van der Waals surface area contributed by atoms with Crippen LogP contribution in [0.25, 0.3) is 0 Å². The second-order valence-electron chi connectivity index (χ2n) is 7.52. The van der Waals surface area contributed by atoms with Crippen LogP contribution in [0.1, 0.15) is 22.0 Å². The average molecular weight is 441 g/mol. The van der Waals surface area contributed by atoms with E-state index in [1.165, 1.54) is 5.56 Å². The van der Waals surface area contributed by atoms with Gasteiger partial charge in [0.1, 0.15) is 5.82 Å². The van der Waals surface area contributed by atoms with Crippen LogP contribution in [0.2, 0.25) is 5.02 Å². The Balaban J connectivity index is 1.35. The van der Waals surface area contributed by atoms with Crippen molar-refractivity contribution < 1.29 is 4.79 Å². The Morgan fingerprint density at radius 2 is 1.90 bits per heavy atom. The molecule has 0 spiro atoms. The lowest BCUT2D eigenvalue weighted by Crippen LogP contribution is -2.50. The number of thiophene rings is 1. The minimum Gasteiger partial charge on any atom is -0.354 e. The van der Waals surface area contributed by atoms with Crippen molar-refractivity contribution in [2.75, 3.05) is 37.6 Å². The summed E-state index contributed by atoms with van der Waals surface area (Å²) in [7, 11) is 0. The number of carbonyl (C=O) groups is 1. The highest BCUT2D eigenvalue weighted by Crippen LogP contribution is 2.26. The van der Waals surface area contributed by atoms with E-state index in [0.717, 1.165) is 42.4 Å². The molecule has 1 aliphatic rings. The van der Waals surface area contributed by atoms with Gasteiger partial charge in [0.05, 0.1) is 17.6 Å². The first-order valence-corrected chi connectivity index (χ1v) is 11.3. The van der Waals surface area contributed by atoms with Crippen molar-refractivity contribution in [2.45, 2.75) is 13.0 Å². The summed E-state index contributed by atoms with van der Waals surface area (Å²) in [6.45, 7) is 5.80. The Morgan fingerprint density at radius 1 is 1.13 bits per heavy atom. The Morgan fingerprint density at radius 3 is 2.53 bits per heavy atom. The molecular weight excluding hydrogens is 416 g/mol. The molecule has 1 amide bonds. The van der Waals surface area contributed by atoms with E-state index in [4.69, 9.17) is 11.6 Å². The lowest BCUT2D eigenvalue weighted by atomic mass is 10.0. The molecule has 7 heteroatoms. The second-order valence-corrected chi connectivity index (χ2v) is 8.94. The number of anilines is 1. The molecule has 0 bridgehead atoms. The summed E-state index contributed by atoms with van der Waals surface area (Å²) in [4.78, 5) is 22.8. The molecule has 2 aromatic heterocycles. The lowest BCUT2D eigenvalue weighted by Gasteiger charge is -2.35. The van der Waals surface area contributed by atoms with Crippen molar-refractivity contribution >= 4 is 34.7 Å². The SMILES string of the molecule is Cc1ccc(C(NC(=O)CN2CCN(c3ccc(Cl)cn3)CC2)c2cccs2)cc1. The van der Waals surface area contributed by atoms with Gasteiger partial charge in [0, 0.05) is 37.3 Å². The van der Waals surface area contributed by atoms with Gasteiger partial charge in [-0.15, -0.1) is 11.3 Å². The van der Waals surface area contributed by atoms with Crippen LogP contribution >= 0.6 is 22.9 Å². The number of amides is 1. The number of aromatic nitrogens is 1. The van der Waals surface area contributed by atoms with E-state index in [-0.39, 0.29) is 11.9 Å². The van der Waals surface area contributed by atoms with E-state index < -0.39 is 0 Å². The van der Waals surface area contributed by atoms with Gasteiger partial charge >= 0.3 is 0 Å². The summed E-state index contributed by atoms with van der Waals surface area (Å²) in [5, 5.41) is 5.93. The van der Waals surface area contributed by atoms with Gasteiger partial charge in [0.2, 0.25) is 5.91 Å². The maximum Gasteiger partial charge on any atom is 0.234 e. The van der Waals surface area contributed by atoms with Crippen LogP contribution in [-0.4, -0.2) is 48.5 Å². The molecule has 0 aliphatic carbocycles. The van der Waals surface area contributed by atoms with Crippen LogP contribution in [0, 0.1) is 6.92 Å². The fourth-order valence-corrected chi connectivity index (χ4v) is 4.55. The van der Waals surface area contributed by atoms with Crippen molar-refractivity contribution in [3.8, 4) is 0 Å². The molecule has 4 rings (SSSR count). The molecule has 1 aliphatic heterocycles. The van der Waals surface area contributed by atoms with E-state index in [0.29, 0.717) is 11.6 Å². The Hall–Kier alpha value is -2.41. The first-order chi connectivity index (χ1) is 14.6. The molecule has 156 valence electrons. The third-order valence-electron chi connectivity index (χ3n) is 5.32. The summed E-state index contributed by atoms with van der Waals surface area (Å²) in [5.41, 5.74) is 2.32. The zero-order chi connectivity index (χ0) is 20.9. The predicted molar refractivity (Wildman–Crippen MR) is 123 cm³/mol. The molecular formula is C23H25ClN4OS. The van der Waals surface area contributed by atoms with Gasteiger partial charge in [-0.1, -0.05) is 47.5 Å². The quantitative estimate of drug-likeness (QED) is 0.626. The molecule has 1 saturated heterocycles. The molecule has 1 unspecified atom stereocenters. The molecule has 1 N–H and O–H groups in total. The number of piperazine rings is 1. The van der Waals surface area contributed by atoms with E-state index in [1.54, 1.807) is 17.5 Å². The molecule has 3 heterocycles. The number of nitrogens with zero attached hydrogens (tertiary/aromatic N) is 3. The van der Waals surface area contributed by atoms with Crippen molar-refractivity contribution in [1.29, 1.82) is 0 Å². The minimum atomic E-state index is -0.113. The molecule has 1 fully saturated rings. The van der Waals surface area contributed by atoms with E-state index in [9.17, 15) is 4.79 Å². The topological polar surface area (TPSA) is 48.5 Å². The third-order valence-corrected chi connectivity index (χ3v) is 6.48. The fourth-order valence-electron chi connectivity index (χ4n) is 3.63. The number of nitrogens with one attached hydrogen (secondary N) is 1. The predicted octanol–water partition coefficient (Wildman–Crippen LogP) is 4.13. The average Bonchev–Trinajstić information content (AvgIpc) is 3.29. The fraction of sp³-hybridized carbons (Fsp3) is 0.304. The van der Waals surface area contributed by atoms with Crippen LogP contribution in [0.3, 0.4) is 0 Å². The minimum absolute atomic E-state index is 0.0482. The molecule has 1 aromatic carbocycles. The summed E-state index contributed by atoms with van der Waals surface area (Å²) in [6.07, 6.45) is 1.67. The maximum atomic E-state index is 12.9. The van der Waals surface area contributed by atoms with Gasteiger partial charge in [0.25, 0.3) is 0 Å². The van der Waals surface area contributed by atoms with E-state index in [1.807, 2.05) is 23.6 Å². The standard InChI is InChI=1S/C23H25ClN4OS/c1-17-4-6-18(7-5-17)23(20-3-2-14-30-20)26-22(29)16-27-10-12-28(13-11-27)21-9-8-19(24)15-25-21/h2-9,14-15,23H,10-13,16H2,1H3,(H,26,29). The van der Waals surface area contributed by atoms with Crippen molar-refractivity contribution in [3.05, 3.63) is 81.1 Å². The summed E-state index contributed by atoms with van der Waals surface area (Å²) < 4.78 is 0. The Kier molecular flexibility index (Phi) is 6.67. The number of halogens is 1. The number of pyridine rings is 1. The van der Waals surface area contributed by atoms with E-state index in [2.05, 4.69) is 57.4 Å². The first-order valence-electron chi connectivity index (χ1n) is 10.1. The molecule has 0 saturated carbocycles.